The van der Waals surface area contributed by atoms with Gasteiger partial charge in [0.15, 0.2) is 0 Å². The molecule has 1 unspecified atom stereocenters. The molecule has 0 radical (unpaired) electrons. The third-order valence-electron chi connectivity index (χ3n) is 3.56. The molecule has 2 N–H and O–H groups in total. The van der Waals surface area contributed by atoms with Crippen LogP contribution in [0.25, 0.3) is 10.9 Å². The lowest BCUT2D eigenvalue weighted by Crippen LogP contribution is -2.31. The van der Waals surface area contributed by atoms with Crippen molar-refractivity contribution < 1.29 is 0 Å². The van der Waals surface area contributed by atoms with E-state index in [1.807, 2.05) is 13.1 Å². The van der Waals surface area contributed by atoms with E-state index < -0.39 is 0 Å². The lowest BCUT2D eigenvalue weighted by molar-refractivity contribution is 0.495. The van der Waals surface area contributed by atoms with Crippen molar-refractivity contribution in [3.05, 3.63) is 34.5 Å². The van der Waals surface area contributed by atoms with Crippen LogP contribution in [-0.4, -0.2) is 18.1 Å². The van der Waals surface area contributed by atoms with Crippen molar-refractivity contribution in [3.8, 4) is 0 Å². The van der Waals surface area contributed by atoms with Gasteiger partial charge in [0.1, 0.15) is 0 Å². The van der Waals surface area contributed by atoms with E-state index in [0.29, 0.717) is 6.04 Å². The first-order chi connectivity index (χ1) is 7.78. The van der Waals surface area contributed by atoms with E-state index in [0.717, 1.165) is 17.9 Å². The number of hydrogen-bond donors (Lipinski definition) is 2. The van der Waals surface area contributed by atoms with Gasteiger partial charge in [-0.1, -0.05) is 11.6 Å². The number of benzene rings is 1. The molecule has 0 aliphatic heterocycles. The second kappa shape index (κ2) is 3.79. The SMILES string of the molecule is CNC1CCc2[nH]c3ccc(Cl)cc3c2C1. The molecule has 1 aromatic carbocycles. The smallest absolute Gasteiger partial charge is 0.0460 e. The molecular formula is C13H15ClN2. The number of hydrogen-bond acceptors (Lipinski definition) is 1. The Morgan fingerprint density at radius 3 is 3.12 bits per heavy atom. The highest BCUT2D eigenvalue weighted by Gasteiger charge is 2.21. The van der Waals surface area contributed by atoms with Gasteiger partial charge in [-0.05, 0) is 50.1 Å². The van der Waals surface area contributed by atoms with Crippen LogP contribution >= 0.6 is 11.6 Å². The number of likely N-dealkylation sites (N-methyl/N-ethyl adjacent to an activating group) is 1. The fourth-order valence-corrected chi connectivity index (χ4v) is 2.81. The first-order valence-corrected chi connectivity index (χ1v) is 6.12. The summed E-state index contributed by atoms with van der Waals surface area (Å²) in [5, 5.41) is 5.48. The average molecular weight is 235 g/mol. The molecule has 0 spiro atoms. The van der Waals surface area contributed by atoms with Crippen LogP contribution in [0.15, 0.2) is 18.2 Å². The number of halogens is 1. The molecule has 2 nitrogen and oxygen atoms in total. The highest BCUT2D eigenvalue weighted by atomic mass is 35.5. The van der Waals surface area contributed by atoms with Crippen LogP contribution in [0, 0.1) is 0 Å². The Balaban J connectivity index is 2.15. The second-order valence-electron chi connectivity index (χ2n) is 4.50. The van der Waals surface area contributed by atoms with Gasteiger partial charge in [0.25, 0.3) is 0 Å². The minimum Gasteiger partial charge on any atom is -0.358 e. The predicted molar refractivity (Wildman–Crippen MR) is 68.2 cm³/mol. The summed E-state index contributed by atoms with van der Waals surface area (Å²) in [6, 6.07) is 6.70. The molecule has 84 valence electrons. The summed E-state index contributed by atoms with van der Waals surface area (Å²) in [7, 11) is 2.04. The fourth-order valence-electron chi connectivity index (χ4n) is 2.64. The summed E-state index contributed by atoms with van der Waals surface area (Å²) in [5.41, 5.74) is 4.05. The maximum Gasteiger partial charge on any atom is 0.0460 e. The fraction of sp³-hybridized carbons (Fsp3) is 0.385. The number of H-pyrrole nitrogens is 1. The van der Waals surface area contributed by atoms with Gasteiger partial charge in [-0.3, -0.25) is 0 Å². The third kappa shape index (κ3) is 1.53. The van der Waals surface area contributed by atoms with E-state index in [4.69, 9.17) is 11.6 Å². The topological polar surface area (TPSA) is 27.8 Å². The van der Waals surface area contributed by atoms with Crippen LogP contribution in [-0.2, 0) is 12.8 Å². The molecule has 3 heteroatoms. The van der Waals surface area contributed by atoms with Gasteiger partial charge in [0.05, 0.1) is 0 Å². The van der Waals surface area contributed by atoms with Crippen LogP contribution in [0.2, 0.25) is 5.02 Å². The maximum absolute atomic E-state index is 6.06. The first kappa shape index (κ1) is 10.2. The van der Waals surface area contributed by atoms with Crippen molar-refractivity contribution in [1.29, 1.82) is 0 Å². The molecule has 16 heavy (non-hydrogen) atoms. The van der Waals surface area contributed by atoms with Gasteiger partial charge in [0, 0.05) is 27.7 Å². The Labute approximate surface area is 100.0 Å². The van der Waals surface area contributed by atoms with Crippen molar-refractivity contribution in [2.75, 3.05) is 7.05 Å². The molecule has 2 aromatic rings. The Kier molecular flexibility index (Phi) is 2.41. The summed E-state index contributed by atoms with van der Waals surface area (Å²) in [5.74, 6) is 0. The first-order valence-electron chi connectivity index (χ1n) is 5.74. The zero-order valence-electron chi connectivity index (χ0n) is 9.31. The van der Waals surface area contributed by atoms with Crippen LogP contribution < -0.4 is 5.32 Å². The van der Waals surface area contributed by atoms with Gasteiger partial charge in [-0.25, -0.2) is 0 Å². The zero-order chi connectivity index (χ0) is 11.1. The molecule has 0 bridgehead atoms. The molecule has 0 amide bonds. The molecule has 0 saturated carbocycles. The van der Waals surface area contributed by atoms with Crippen molar-refractivity contribution in [2.45, 2.75) is 25.3 Å². The van der Waals surface area contributed by atoms with Crippen LogP contribution in [0.1, 0.15) is 17.7 Å². The van der Waals surface area contributed by atoms with E-state index in [-0.39, 0.29) is 0 Å². The van der Waals surface area contributed by atoms with Crippen LogP contribution in [0.4, 0.5) is 0 Å². The van der Waals surface area contributed by atoms with E-state index in [1.165, 1.54) is 28.6 Å². The molecule has 0 saturated heterocycles. The van der Waals surface area contributed by atoms with Crippen LogP contribution in [0.3, 0.4) is 0 Å². The number of aryl methyl sites for hydroxylation is 1. The molecule has 1 atom stereocenters. The Morgan fingerprint density at radius 2 is 2.31 bits per heavy atom. The number of rotatable bonds is 1. The van der Waals surface area contributed by atoms with Crippen LogP contribution in [0.5, 0.6) is 0 Å². The molecule has 1 aliphatic rings. The molecule has 1 aromatic heterocycles. The largest absolute Gasteiger partial charge is 0.358 e. The Bertz CT molecular complexity index is 530. The van der Waals surface area contributed by atoms with Gasteiger partial charge in [0.2, 0.25) is 0 Å². The van der Waals surface area contributed by atoms with Crippen molar-refractivity contribution >= 4 is 22.5 Å². The third-order valence-corrected chi connectivity index (χ3v) is 3.79. The quantitative estimate of drug-likeness (QED) is 0.780. The van der Waals surface area contributed by atoms with E-state index in [9.17, 15) is 0 Å². The lowest BCUT2D eigenvalue weighted by Gasteiger charge is -2.21. The standard InChI is InChI=1S/C13H15ClN2/c1-15-9-3-5-13-11(7-9)10-6-8(14)2-4-12(10)16-13/h2,4,6,9,15-16H,3,5,7H2,1H3. The van der Waals surface area contributed by atoms with Gasteiger partial charge in [-0.2, -0.15) is 0 Å². The number of fused-ring (bicyclic) bond motifs is 3. The second-order valence-corrected chi connectivity index (χ2v) is 4.94. The Hall–Kier alpha value is -0.990. The monoisotopic (exact) mass is 234 g/mol. The molecule has 1 heterocycles. The molecule has 3 rings (SSSR count). The highest BCUT2D eigenvalue weighted by molar-refractivity contribution is 6.31. The van der Waals surface area contributed by atoms with Crippen molar-refractivity contribution in [3.63, 3.8) is 0 Å². The molecule has 1 aliphatic carbocycles. The van der Waals surface area contributed by atoms with E-state index in [1.54, 1.807) is 0 Å². The summed E-state index contributed by atoms with van der Waals surface area (Å²) in [6.45, 7) is 0. The minimum atomic E-state index is 0.602. The molecule has 0 fully saturated rings. The number of aromatic nitrogens is 1. The highest BCUT2D eigenvalue weighted by Crippen LogP contribution is 2.30. The van der Waals surface area contributed by atoms with Gasteiger partial charge >= 0.3 is 0 Å². The summed E-state index contributed by atoms with van der Waals surface area (Å²) < 4.78 is 0. The maximum atomic E-state index is 6.06. The zero-order valence-corrected chi connectivity index (χ0v) is 10.1. The predicted octanol–water partition coefficient (Wildman–Crippen LogP) is 2.90. The van der Waals surface area contributed by atoms with Crippen molar-refractivity contribution in [2.24, 2.45) is 0 Å². The van der Waals surface area contributed by atoms with Crippen molar-refractivity contribution in [1.82, 2.24) is 10.3 Å². The van der Waals surface area contributed by atoms with E-state index in [2.05, 4.69) is 22.4 Å². The summed E-state index contributed by atoms with van der Waals surface area (Å²) in [4.78, 5) is 3.50. The lowest BCUT2D eigenvalue weighted by atomic mass is 9.91. The number of nitrogens with one attached hydrogen (secondary N) is 2. The van der Waals surface area contributed by atoms with Gasteiger partial charge < -0.3 is 10.3 Å². The number of aromatic amines is 1. The molecular weight excluding hydrogens is 220 g/mol. The normalized spacial score (nSPS) is 20.0. The average Bonchev–Trinajstić information content (AvgIpc) is 2.66. The Morgan fingerprint density at radius 1 is 1.44 bits per heavy atom. The van der Waals surface area contributed by atoms with E-state index >= 15 is 0 Å². The summed E-state index contributed by atoms with van der Waals surface area (Å²) in [6.07, 6.45) is 3.45. The van der Waals surface area contributed by atoms with Gasteiger partial charge in [-0.15, -0.1) is 0 Å². The minimum absolute atomic E-state index is 0.602. The summed E-state index contributed by atoms with van der Waals surface area (Å²) >= 11 is 6.06.